The molecule has 5 rings (SSSR count). The van der Waals surface area contributed by atoms with Crippen molar-refractivity contribution in [2.45, 2.75) is 31.5 Å². The second-order valence-corrected chi connectivity index (χ2v) is 7.71. The van der Waals surface area contributed by atoms with Crippen molar-refractivity contribution in [3.05, 3.63) is 59.1 Å². The summed E-state index contributed by atoms with van der Waals surface area (Å²) in [6.45, 7) is 0. The van der Waals surface area contributed by atoms with Gasteiger partial charge in [-0.25, -0.2) is 4.98 Å². The van der Waals surface area contributed by atoms with Gasteiger partial charge in [0, 0.05) is 35.6 Å². The summed E-state index contributed by atoms with van der Waals surface area (Å²) in [5.74, 6) is 0. The minimum Gasteiger partial charge on any atom is -0.343 e. The zero-order valence-corrected chi connectivity index (χ0v) is 15.8. The number of fused-ring (bicyclic) bond motifs is 2. The molecule has 0 unspecified atom stereocenters. The Morgan fingerprint density at radius 2 is 2.00 bits per heavy atom. The summed E-state index contributed by atoms with van der Waals surface area (Å²) in [6, 6.07) is 9.97. The quantitative estimate of drug-likeness (QED) is 0.417. The van der Waals surface area contributed by atoms with Crippen LogP contribution in [0.4, 0.5) is 13.2 Å². The molecule has 0 spiro atoms. The van der Waals surface area contributed by atoms with Crippen LogP contribution in [0.3, 0.4) is 0 Å². The van der Waals surface area contributed by atoms with Gasteiger partial charge in [0.25, 0.3) is 0 Å². The Bertz CT molecular complexity index is 1310. The molecule has 0 atom stereocenters. The Labute approximate surface area is 168 Å². The summed E-state index contributed by atoms with van der Waals surface area (Å²) in [7, 11) is 0. The van der Waals surface area contributed by atoms with Crippen molar-refractivity contribution in [2.24, 2.45) is 0 Å². The number of imidazole rings is 1. The molecule has 8 heteroatoms. The number of alkyl halides is 3. The Balaban J connectivity index is 1.66. The summed E-state index contributed by atoms with van der Waals surface area (Å²) >= 11 is 6.57. The molecule has 1 saturated carbocycles. The zero-order chi connectivity index (χ0) is 20.3. The summed E-state index contributed by atoms with van der Waals surface area (Å²) < 4.78 is 41.9. The van der Waals surface area contributed by atoms with Crippen molar-refractivity contribution in [3.63, 3.8) is 0 Å². The SMILES string of the molecule is N#Cc1c(-c2cc(Cl)c3c(ccn3C3CC3)c2)ccn2c(CC(F)(F)F)cnc12. The van der Waals surface area contributed by atoms with E-state index in [0.29, 0.717) is 16.6 Å². The maximum Gasteiger partial charge on any atom is 0.394 e. The molecule has 29 heavy (non-hydrogen) atoms. The largest absolute Gasteiger partial charge is 0.394 e. The van der Waals surface area contributed by atoms with Crippen LogP contribution in [0.5, 0.6) is 0 Å². The van der Waals surface area contributed by atoms with Crippen LogP contribution in [0, 0.1) is 11.3 Å². The molecule has 1 aliphatic rings. The van der Waals surface area contributed by atoms with Crippen LogP contribution in [0.1, 0.15) is 30.1 Å². The molecule has 4 aromatic rings. The number of halogens is 4. The van der Waals surface area contributed by atoms with Crippen LogP contribution >= 0.6 is 11.6 Å². The summed E-state index contributed by atoms with van der Waals surface area (Å²) in [5, 5.41) is 11.3. The molecule has 1 aliphatic carbocycles. The number of nitrogens with zero attached hydrogens (tertiary/aromatic N) is 4. The lowest BCUT2D eigenvalue weighted by molar-refractivity contribution is -0.127. The van der Waals surface area contributed by atoms with E-state index < -0.39 is 12.6 Å². The van der Waals surface area contributed by atoms with Crippen LogP contribution in [-0.4, -0.2) is 20.1 Å². The highest BCUT2D eigenvalue weighted by Gasteiger charge is 2.30. The highest BCUT2D eigenvalue weighted by molar-refractivity contribution is 6.35. The summed E-state index contributed by atoms with van der Waals surface area (Å²) in [6.07, 6.45) is 1.52. The normalized spacial score (nSPS) is 14.6. The average Bonchev–Trinajstić information content (AvgIpc) is 3.30. The van der Waals surface area contributed by atoms with E-state index in [1.165, 1.54) is 16.8 Å². The molecule has 4 nitrogen and oxygen atoms in total. The van der Waals surface area contributed by atoms with Gasteiger partial charge in [-0.2, -0.15) is 18.4 Å². The van der Waals surface area contributed by atoms with Crippen molar-refractivity contribution in [3.8, 4) is 17.2 Å². The van der Waals surface area contributed by atoms with Crippen LogP contribution in [0.25, 0.3) is 27.7 Å². The predicted molar refractivity (Wildman–Crippen MR) is 104 cm³/mol. The van der Waals surface area contributed by atoms with Crippen molar-refractivity contribution in [2.75, 3.05) is 0 Å². The maximum absolute atomic E-state index is 12.8. The molecule has 3 heterocycles. The van der Waals surface area contributed by atoms with Gasteiger partial charge in [-0.1, -0.05) is 11.6 Å². The molecule has 0 radical (unpaired) electrons. The first-order chi connectivity index (χ1) is 13.9. The van der Waals surface area contributed by atoms with E-state index in [2.05, 4.69) is 15.6 Å². The molecule has 0 bridgehead atoms. The van der Waals surface area contributed by atoms with Crippen LogP contribution in [0.2, 0.25) is 5.02 Å². The Morgan fingerprint density at radius 1 is 1.21 bits per heavy atom. The van der Waals surface area contributed by atoms with Crippen molar-refractivity contribution < 1.29 is 13.2 Å². The molecule has 0 aliphatic heterocycles. The second-order valence-electron chi connectivity index (χ2n) is 7.30. The molecular weight excluding hydrogens is 401 g/mol. The van der Waals surface area contributed by atoms with Crippen molar-refractivity contribution in [1.82, 2.24) is 14.0 Å². The molecule has 3 aromatic heterocycles. The van der Waals surface area contributed by atoms with E-state index in [0.717, 1.165) is 29.3 Å². The number of pyridine rings is 1. The number of aromatic nitrogens is 3. The molecule has 0 N–H and O–H groups in total. The first-order valence-corrected chi connectivity index (χ1v) is 9.50. The third-order valence-corrected chi connectivity index (χ3v) is 5.56. The van der Waals surface area contributed by atoms with Gasteiger partial charge in [0.05, 0.1) is 22.7 Å². The molecule has 146 valence electrons. The van der Waals surface area contributed by atoms with Gasteiger partial charge in [-0.05, 0) is 42.7 Å². The average molecular weight is 415 g/mol. The zero-order valence-electron chi connectivity index (χ0n) is 15.0. The fraction of sp³-hybridized carbons (Fsp3) is 0.238. The Morgan fingerprint density at radius 3 is 2.69 bits per heavy atom. The Kier molecular flexibility index (Phi) is 3.90. The van der Waals surface area contributed by atoms with Crippen LogP contribution in [0.15, 0.2) is 42.9 Å². The van der Waals surface area contributed by atoms with Gasteiger partial charge < -0.3 is 8.97 Å². The van der Waals surface area contributed by atoms with E-state index in [-0.39, 0.29) is 16.9 Å². The topological polar surface area (TPSA) is 46.0 Å². The highest BCUT2D eigenvalue weighted by Crippen LogP contribution is 2.41. The first kappa shape index (κ1) is 18.1. The molecule has 0 amide bonds. The predicted octanol–water partition coefficient (Wildman–Crippen LogP) is 5.92. The fourth-order valence-corrected chi connectivity index (χ4v) is 4.18. The van der Waals surface area contributed by atoms with Crippen LogP contribution < -0.4 is 0 Å². The van der Waals surface area contributed by atoms with Gasteiger partial charge in [0.1, 0.15) is 11.6 Å². The third kappa shape index (κ3) is 3.04. The van der Waals surface area contributed by atoms with Crippen LogP contribution in [-0.2, 0) is 6.42 Å². The minimum absolute atomic E-state index is 0.00876. The van der Waals surface area contributed by atoms with E-state index in [1.807, 2.05) is 18.3 Å². The lowest BCUT2D eigenvalue weighted by atomic mass is 10.0. The lowest BCUT2D eigenvalue weighted by Gasteiger charge is -2.11. The Hall–Kier alpha value is -2.98. The number of hydrogen-bond donors (Lipinski definition) is 0. The third-order valence-electron chi connectivity index (χ3n) is 5.27. The van der Waals surface area contributed by atoms with E-state index in [1.54, 1.807) is 12.1 Å². The van der Waals surface area contributed by atoms with Gasteiger partial charge in [-0.15, -0.1) is 0 Å². The van der Waals surface area contributed by atoms with Crippen molar-refractivity contribution in [1.29, 1.82) is 5.26 Å². The standard InChI is InChI=1S/C21H14ClF3N4/c22-18-8-13(7-12-3-5-28(19(12)18)14-1-2-14)16-4-6-29-15(9-21(23,24)25)11-27-20(29)17(16)10-26/h3-8,11,14H,1-2,9H2. The molecule has 0 saturated heterocycles. The number of rotatable bonds is 3. The number of hydrogen-bond acceptors (Lipinski definition) is 2. The molecular formula is C21H14ClF3N4. The molecule has 1 aromatic carbocycles. The van der Waals surface area contributed by atoms with Gasteiger partial charge in [0.15, 0.2) is 5.65 Å². The van der Waals surface area contributed by atoms with Gasteiger partial charge in [-0.3, -0.25) is 0 Å². The minimum atomic E-state index is -4.35. The van der Waals surface area contributed by atoms with Gasteiger partial charge in [0.2, 0.25) is 0 Å². The summed E-state index contributed by atoms with van der Waals surface area (Å²) in [4.78, 5) is 4.08. The number of benzene rings is 1. The lowest BCUT2D eigenvalue weighted by Crippen LogP contribution is -2.13. The monoisotopic (exact) mass is 414 g/mol. The van der Waals surface area contributed by atoms with E-state index in [4.69, 9.17) is 11.6 Å². The summed E-state index contributed by atoms with van der Waals surface area (Å²) in [5.41, 5.74) is 2.70. The number of nitriles is 1. The van der Waals surface area contributed by atoms with E-state index in [9.17, 15) is 18.4 Å². The smallest absolute Gasteiger partial charge is 0.343 e. The highest BCUT2D eigenvalue weighted by atomic mass is 35.5. The first-order valence-electron chi connectivity index (χ1n) is 9.12. The fourth-order valence-electron chi connectivity index (χ4n) is 3.85. The maximum atomic E-state index is 12.8. The van der Waals surface area contributed by atoms with E-state index >= 15 is 0 Å². The molecule has 1 fully saturated rings. The second kappa shape index (κ2) is 6.26. The van der Waals surface area contributed by atoms with Gasteiger partial charge >= 0.3 is 6.18 Å². The van der Waals surface area contributed by atoms with Crippen molar-refractivity contribution >= 4 is 28.2 Å².